The first-order valence-corrected chi connectivity index (χ1v) is 7.38. The predicted molar refractivity (Wildman–Crippen MR) is 81.5 cm³/mol. The summed E-state index contributed by atoms with van der Waals surface area (Å²) in [6.45, 7) is 1.55. The maximum atomic E-state index is 12.6. The third kappa shape index (κ3) is 2.24. The topological polar surface area (TPSA) is 59.2 Å². The molecule has 0 bridgehead atoms. The highest BCUT2D eigenvalue weighted by atomic mass is 16.6. The van der Waals surface area contributed by atoms with E-state index >= 15 is 0 Å². The van der Waals surface area contributed by atoms with Crippen molar-refractivity contribution >= 4 is 16.9 Å². The SMILES string of the molecule is O=C(c1ccc2nonc2c1)N1CCC(c2ccccc2)C1. The molecule has 110 valence electrons. The second kappa shape index (κ2) is 5.26. The zero-order chi connectivity index (χ0) is 14.9. The summed E-state index contributed by atoms with van der Waals surface area (Å²) in [5, 5.41) is 7.55. The molecule has 3 aromatic rings. The summed E-state index contributed by atoms with van der Waals surface area (Å²) in [7, 11) is 0. The quantitative estimate of drug-likeness (QED) is 0.729. The number of carbonyl (C=O) groups is 1. The van der Waals surface area contributed by atoms with Gasteiger partial charge < -0.3 is 4.90 Å². The third-order valence-corrected chi connectivity index (χ3v) is 4.25. The van der Waals surface area contributed by atoms with E-state index in [9.17, 15) is 4.79 Å². The van der Waals surface area contributed by atoms with E-state index in [4.69, 9.17) is 0 Å². The number of amides is 1. The van der Waals surface area contributed by atoms with Gasteiger partial charge in [-0.1, -0.05) is 30.3 Å². The van der Waals surface area contributed by atoms with Gasteiger partial charge >= 0.3 is 0 Å². The Morgan fingerprint density at radius 1 is 1.09 bits per heavy atom. The van der Waals surface area contributed by atoms with E-state index in [1.165, 1.54) is 5.56 Å². The molecule has 0 radical (unpaired) electrons. The lowest BCUT2D eigenvalue weighted by atomic mass is 9.99. The molecule has 1 aromatic heterocycles. The minimum atomic E-state index is 0.0448. The van der Waals surface area contributed by atoms with Gasteiger partial charge in [0.15, 0.2) is 0 Å². The summed E-state index contributed by atoms with van der Waals surface area (Å²) >= 11 is 0. The molecule has 5 heteroatoms. The zero-order valence-electron chi connectivity index (χ0n) is 12.0. The Morgan fingerprint density at radius 3 is 2.77 bits per heavy atom. The van der Waals surface area contributed by atoms with Gasteiger partial charge in [-0.2, -0.15) is 0 Å². The van der Waals surface area contributed by atoms with E-state index in [1.54, 1.807) is 18.2 Å². The molecule has 22 heavy (non-hydrogen) atoms. The van der Waals surface area contributed by atoms with Crippen LogP contribution in [0.5, 0.6) is 0 Å². The molecule has 0 N–H and O–H groups in total. The van der Waals surface area contributed by atoms with Crippen molar-refractivity contribution in [2.24, 2.45) is 0 Å². The van der Waals surface area contributed by atoms with Crippen LogP contribution in [-0.2, 0) is 0 Å². The maximum absolute atomic E-state index is 12.6. The minimum Gasteiger partial charge on any atom is -0.338 e. The number of rotatable bonds is 2. The van der Waals surface area contributed by atoms with Gasteiger partial charge in [-0.15, -0.1) is 0 Å². The molecule has 4 rings (SSSR count). The van der Waals surface area contributed by atoms with Gasteiger partial charge in [0.2, 0.25) is 0 Å². The summed E-state index contributed by atoms with van der Waals surface area (Å²) in [5.41, 5.74) is 3.22. The highest BCUT2D eigenvalue weighted by Gasteiger charge is 2.28. The molecular formula is C17H15N3O2. The van der Waals surface area contributed by atoms with Gasteiger partial charge in [0.1, 0.15) is 11.0 Å². The van der Waals surface area contributed by atoms with Crippen LogP contribution in [0.3, 0.4) is 0 Å². The molecule has 0 aliphatic carbocycles. The number of hydrogen-bond donors (Lipinski definition) is 0. The lowest BCUT2D eigenvalue weighted by Gasteiger charge is -2.16. The fourth-order valence-corrected chi connectivity index (χ4v) is 3.04. The Hall–Kier alpha value is -2.69. The van der Waals surface area contributed by atoms with Crippen molar-refractivity contribution in [3.8, 4) is 0 Å². The summed E-state index contributed by atoms with van der Waals surface area (Å²) in [6.07, 6.45) is 1.00. The standard InChI is InChI=1S/C17H15N3O2/c21-17(13-6-7-15-16(10-13)19-22-18-15)20-9-8-14(11-20)12-4-2-1-3-5-12/h1-7,10,14H,8-9,11H2. The fourth-order valence-electron chi connectivity index (χ4n) is 3.04. The van der Waals surface area contributed by atoms with Crippen molar-refractivity contribution in [2.45, 2.75) is 12.3 Å². The van der Waals surface area contributed by atoms with Gasteiger partial charge in [0.05, 0.1) is 0 Å². The van der Waals surface area contributed by atoms with Crippen molar-refractivity contribution in [3.63, 3.8) is 0 Å². The Kier molecular flexibility index (Phi) is 3.11. The Morgan fingerprint density at radius 2 is 1.91 bits per heavy atom. The second-order valence-corrected chi connectivity index (χ2v) is 5.62. The summed E-state index contributed by atoms with van der Waals surface area (Å²) < 4.78 is 4.68. The van der Waals surface area contributed by atoms with E-state index in [1.807, 2.05) is 23.1 Å². The third-order valence-electron chi connectivity index (χ3n) is 4.25. The van der Waals surface area contributed by atoms with Gasteiger partial charge in [-0.05, 0) is 40.5 Å². The van der Waals surface area contributed by atoms with Crippen LogP contribution >= 0.6 is 0 Å². The van der Waals surface area contributed by atoms with E-state index < -0.39 is 0 Å². The van der Waals surface area contributed by atoms with Crippen molar-refractivity contribution in [1.29, 1.82) is 0 Å². The van der Waals surface area contributed by atoms with E-state index in [2.05, 4.69) is 27.1 Å². The molecule has 5 nitrogen and oxygen atoms in total. The monoisotopic (exact) mass is 293 g/mol. The van der Waals surface area contributed by atoms with Crippen LogP contribution in [0.4, 0.5) is 0 Å². The van der Waals surface area contributed by atoms with Gasteiger partial charge in [-0.3, -0.25) is 4.79 Å². The van der Waals surface area contributed by atoms with Crippen LogP contribution in [-0.4, -0.2) is 34.2 Å². The molecular weight excluding hydrogens is 278 g/mol. The van der Waals surface area contributed by atoms with Crippen LogP contribution in [0.1, 0.15) is 28.3 Å². The van der Waals surface area contributed by atoms with Crippen molar-refractivity contribution in [3.05, 3.63) is 59.7 Å². The molecule has 1 aliphatic heterocycles. The number of hydrogen-bond acceptors (Lipinski definition) is 4. The van der Waals surface area contributed by atoms with Crippen LogP contribution < -0.4 is 0 Å². The number of nitrogens with zero attached hydrogens (tertiary/aromatic N) is 3. The molecule has 1 amide bonds. The largest absolute Gasteiger partial charge is 0.338 e. The Balaban J connectivity index is 1.54. The average molecular weight is 293 g/mol. The summed E-state index contributed by atoms with van der Waals surface area (Å²) in [4.78, 5) is 14.5. The molecule has 0 spiro atoms. The molecule has 1 saturated heterocycles. The van der Waals surface area contributed by atoms with Gasteiger partial charge in [0.25, 0.3) is 5.91 Å². The molecule has 1 aliphatic rings. The average Bonchev–Trinajstić information content (AvgIpc) is 3.23. The normalized spacial score (nSPS) is 18.0. The fraction of sp³-hybridized carbons (Fsp3) is 0.235. The predicted octanol–water partition coefficient (Wildman–Crippen LogP) is 2.85. The Labute approximate surface area is 127 Å². The molecule has 2 heterocycles. The summed E-state index contributed by atoms with van der Waals surface area (Å²) in [5.74, 6) is 0.464. The smallest absolute Gasteiger partial charge is 0.253 e. The zero-order valence-corrected chi connectivity index (χ0v) is 12.0. The lowest BCUT2D eigenvalue weighted by Crippen LogP contribution is -2.28. The van der Waals surface area contributed by atoms with Crippen LogP contribution in [0.25, 0.3) is 11.0 Å². The summed E-state index contributed by atoms with van der Waals surface area (Å²) in [6, 6.07) is 15.7. The highest BCUT2D eigenvalue weighted by Crippen LogP contribution is 2.28. The first-order chi connectivity index (χ1) is 10.8. The minimum absolute atomic E-state index is 0.0448. The van der Waals surface area contributed by atoms with E-state index in [0.29, 0.717) is 22.5 Å². The van der Waals surface area contributed by atoms with Gasteiger partial charge in [0, 0.05) is 24.6 Å². The highest BCUT2D eigenvalue weighted by molar-refractivity contribution is 5.97. The van der Waals surface area contributed by atoms with Crippen molar-refractivity contribution in [1.82, 2.24) is 15.2 Å². The van der Waals surface area contributed by atoms with Gasteiger partial charge in [-0.25, -0.2) is 4.63 Å². The number of fused-ring (bicyclic) bond motifs is 1. The Bertz CT molecular complexity index is 813. The molecule has 1 fully saturated rings. The van der Waals surface area contributed by atoms with E-state index in [-0.39, 0.29) is 5.91 Å². The van der Waals surface area contributed by atoms with Crippen LogP contribution in [0, 0.1) is 0 Å². The first-order valence-electron chi connectivity index (χ1n) is 7.38. The van der Waals surface area contributed by atoms with Crippen molar-refractivity contribution in [2.75, 3.05) is 13.1 Å². The maximum Gasteiger partial charge on any atom is 0.253 e. The molecule has 0 saturated carbocycles. The van der Waals surface area contributed by atoms with E-state index in [0.717, 1.165) is 19.5 Å². The second-order valence-electron chi connectivity index (χ2n) is 5.62. The number of benzene rings is 2. The molecule has 1 unspecified atom stereocenters. The van der Waals surface area contributed by atoms with Crippen LogP contribution in [0.2, 0.25) is 0 Å². The lowest BCUT2D eigenvalue weighted by molar-refractivity contribution is 0.0791. The number of likely N-dealkylation sites (tertiary alicyclic amines) is 1. The molecule has 2 aromatic carbocycles. The number of aromatic nitrogens is 2. The number of carbonyl (C=O) groups excluding carboxylic acids is 1. The first kappa shape index (κ1) is 13.0. The van der Waals surface area contributed by atoms with Crippen LogP contribution in [0.15, 0.2) is 53.2 Å². The molecule has 1 atom stereocenters. The van der Waals surface area contributed by atoms with Crippen molar-refractivity contribution < 1.29 is 9.42 Å².